The molecule has 1 N–H and O–H groups in total. The van der Waals surface area contributed by atoms with Gasteiger partial charge >= 0.3 is 5.97 Å². The van der Waals surface area contributed by atoms with E-state index in [2.05, 4.69) is 9.55 Å². The average molecular weight is 378 g/mol. The van der Waals surface area contributed by atoms with Gasteiger partial charge in [0.1, 0.15) is 5.69 Å². The fourth-order valence-corrected chi connectivity index (χ4v) is 3.09. The van der Waals surface area contributed by atoms with E-state index < -0.39 is 5.97 Å². The Kier molecular flexibility index (Phi) is 5.59. The molecular formula is C22H22N2O4. The first-order chi connectivity index (χ1) is 13.4. The molecule has 0 unspecified atom stereocenters. The Hall–Kier alpha value is -3.41. The molecule has 28 heavy (non-hydrogen) atoms. The van der Waals surface area contributed by atoms with E-state index in [0.29, 0.717) is 17.7 Å². The molecule has 1 aromatic carbocycles. The van der Waals surface area contributed by atoms with E-state index in [4.69, 9.17) is 4.74 Å². The molecule has 0 radical (unpaired) electrons. The van der Waals surface area contributed by atoms with Crippen LogP contribution in [0.5, 0.6) is 0 Å². The Morgan fingerprint density at radius 3 is 2.43 bits per heavy atom. The van der Waals surface area contributed by atoms with E-state index in [1.807, 2.05) is 50.2 Å². The zero-order valence-corrected chi connectivity index (χ0v) is 16.1. The van der Waals surface area contributed by atoms with Crippen molar-refractivity contribution in [3.63, 3.8) is 0 Å². The van der Waals surface area contributed by atoms with Crippen LogP contribution in [0.3, 0.4) is 0 Å². The number of hydrogen-bond acceptors (Lipinski definition) is 4. The zero-order chi connectivity index (χ0) is 20.3. The molecule has 3 aromatic rings. The van der Waals surface area contributed by atoms with Crippen molar-refractivity contribution in [2.45, 2.75) is 27.3 Å². The molecule has 0 spiro atoms. The SMILES string of the molecule is CC(=O)c1c[nH]c(C(=O)OCC(=O)c2cc(C)n(Cc3ccccc3)c2C)c1. The van der Waals surface area contributed by atoms with Gasteiger partial charge in [-0.15, -0.1) is 0 Å². The molecular weight excluding hydrogens is 356 g/mol. The number of carbonyl (C=O) groups is 3. The van der Waals surface area contributed by atoms with Gasteiger partial charge in [-0.3, -0.25) is 9.59 Å². The lowest BCUT2D eigenvalue weighted by atomic mass is 10.1. The lowest BCUT2D eigenvalue weighted by molar-refractivity contribution is 0.0469. The zero-order valence-electron chi connectivity index (χ0n) is 16.1. The van der Waals surface area contributed by atoms with Gasteiger partial charge in [0, 0.05) is 35.3 Å². The van der Waals surface area contributed by atoms with Gasteiger partial charge in [0.15, 0.2) is 12.4 Å². The predicted molar refractivity (Wildman–Crippen MR) is 105 cm³/mol. The van der Waals surface area contributed by atoms with Crippen LogP contribution in [0.15, 0.2) is 48.7 Å². The lowest BCUT2D eigenvalue weighted by Gasteiger charge is -2.10. The van der Waals surface area contributed by atoms with E-state index in [-0.39, 0.29) is 23.9 Å². The molecule has 0 aliphatic heterocycles. The number of aryl methyl sites for hydroxylation is 1. The van der Waals surface area contributed by atoms with Crippen molar-refractivity contribution in [1.29, 1.82) is 0 Å². The van der Waals surface area contributed by atoms with Crippen molar-refractivity contribution >= 4 is 17.5 Å². The van der Waals surface area contributed by atoms with Gasteiger partial charge in [-0.05, 0) is 38.5 Å². The maximum atomic E-state index is 12.6. The van der Waals surface area contributed by atoms with Crippen LogP contribution in [-0.4, -0.2) is 33.7 Å². The maximum Gasteiger partial charge on any atom is 0.355 e. The number of aromatic amines is 1. The Morgan fingerprint density at radius 1 is 1.07 bits per heavy atom. The minimum absolute atomic E-state index is 0.146. The van der Waals surface area contributed by atoms with Crippen molar-refractivity contribution in [3.8, 4) is 0 Å². The minimum atomic E-state index is -0.668. The summed E-state index contributed by atoms with van der Waals surface area (Å²) in [6.07, 6.45) is 1.44. The molecule has 144 valence electrons. The third kappa shape index (κ3) is 4.11. The lowest BCUT2D eigenvalue weighted by Crippen LogP contribution is -2.15. The number of ketones is 2. The molecule has 6 heteroatoms. The first-order valence-corrected chi connectivity index (χ1v) is 8.97. The number of ether oxygens (including phenoxy) is 1. The highest BCUT2D eigenvalue weighted by Crippen LogP contribution is 2.18. The molecule has 0 bridgehead atoms. The third-order valence-corrected chi connectivity index (χ3v) is 4.70. The summed E-state index contributed by atoms with van der Waals surface area (Å²) in [6.45, 7) is 5.55. The first-order valence-electron chi connectivity index (χ1n) is 8.97. The second-order valence-corrected chi connectivity index (χ2v) is 6.71. The number of Topliss-reactive ketones (excluding diaryl/α,β-unsaturated/α-hetero) is 2. The fourth-order valence-electron chi connectivity index (χ4n) is 3.09. The van der Waals surface area contributed by atoms with Gasteiger partial charge in [0.2, 0.25) is 5.78 Å². The molecule has 3 rings (SSSR count). The molecule has 0 saturated carbocycles. The van der Waals surface area contributed by atoms with Gasteiger partial charge < -0.3 is 14.3 Å². The molecule has 0 fully saturated rings. The van der Waals surface area contributed by atoms with Crippen LogP contribution < -0.4 is 0 Å². The summed E-state index contributed by atoms with van der Waals surface area (Å²) in [6, 6.07) is 13.2. The second kappa shape index (κ2) is 8.08. The van der Waals surface area contributed by atoms with Crippen LogP contribution >= 0.6 is 0 Å². The smallest absolute Gasteiger partial charge is 0.355 e. The Bertz CT molecular complexity index is 1030. The van der Waals surface area contributed by atoms with E-state index in [1.165, 1.54) is 19.2 Å². The van der Waals surface area contributed by atoms with Crippen LogP contribution in [-0.2, 0) is 11.3 Å². The number of carbonyl (C=O) groups excluding carboxylic acids is 3. The van der Waals surface area contributed by atoms with Gasteiger partial charge in [0.25, 0.3) is 0 Å². The van der Waals surface area contributed by atoms with Crippen molar-refractivity contribution in [3.05, 3.63) is 82.4 Å². The highest BCUT2D eigenvalue weighted by Gasteiger charge is 2.19. The Balaban J connectivity index is 1.68. The van der Waals surface area contributed by atoms with Gasteiger partial charge in [-0.25, -0.2) is 4.79 Å². The monoisotopic (exact) mass is 378 g/mol. The highest BCUT2D eigenvalue weighted by molar-refractivity contribution is 6.01. The minimum Gasteiger partial charge on any atom is -0.453 e. The summed E-state index contributed by atoms with van der Waals surface area (Å²) in [7, 11) is 0. The molecule has 0 atom stereocenters. The average Bonchev–Trinajstić information content (AvgIpc) is 3.28. The van der Waals surface area contributed by atoms with Crippen LogP contribution in [0, 0.1) is 13.8 Å². The quantitative estimate of drug-likeness (QED) is 0.502. The molecule has 0 saturated heterocycles. The molecule has 6 nitrogen and oxygen atoms in total. The van der Waals surface area contributed by atoms with Crippen LogP contribution in [0.1, 0.15) is 55.1 Å². The summed E-state index contributed by atoms with van der Waals surface area (Å²) in [4.78, 5) is 38.7. The molecule has 2 aromatic heterocycles. The van der Waals surface area contributed by atoms with Crippen LogP contribution in [0.4, 0.5) is 0 Å². The molecule has 0 aliphatic carbocycles. The summed E-state index contributed by atoms with van der Waals surface area (Å²) in [5.74, 6) is -1.09. The number of aromatic nitrogens is 2. The number of nitrogens with zero attached hydrogens (tertiary/aromatic N) is 1. The van der Waals surface area contributed by atoms with Gasteiger partial charge in [-0.1, -0.05) is 30.3 Å². The summed E-state index contributed by atoms with van der Waals surface area (Å²) in [5, 5.41) is 0. The fraction of sp³-hybridized carbons (Fsp3) is 0.227. The van der Waals surface area contributed by atoms with Crippen LogP contribution in [0.25, 0.3) is 0 Å². The number of esters is 1. The van der Waals surface area contributed by atoms with Crippen molar-refractivity contribution in [1.82, 2.24) is 9.55 Å². The van der Waals surface area contributed by atoms with E-state index in [0.717, 1.165) is 17.0 Å². The van der Waals surface area contributed by atoms with Gasteiger partial charge in [0.05, 0.1) is 0 Å². The molecule has 2 heterocycles. The summed E-state index contributed by atoms with van der Waals surface area (Å²) in [5.41, 5.74) is 4.02. The third-order valence-electron chi connectivity index (χ3n) is 4.70. The Morgan fingerprint density at radius 2 is 1.79 bits per heavy atom. The van der Waals surface area contributed by atoms with Crippen molar-refractivity contribution in [2.75, 3.05) is 6.61 Å². The topological polar surface area (TPSA) is 81.2 Å². The standard InChI is InChI=1S/C22H22N2O4/c1-14-9-19(15(2)24(14)12-17-7-5-4-6-8-17)21(26)13-28-22(27)20-10-18(11-23-20)16(3)25/h4-11,23H,12-13H2,1-3H3. The predicted octanol–water partition coefficient (Wildman–Crippen LogP) is 3.72. The van der Waals surface area contributed by atoms with Gasteiger partial charge in [-0.2, -0.15) is 0 Å². The largest absolute Gasteiger partial charge is 0.453 e. The number of H-pyrrole nitrogens is 1. The van der Waals surface area contributed by atoms with Crippen LogP contribution in [0.2, 0.25) is 0 Å². The molecule has 0 aliphatic rings. The van der Waals surface area contributed by atoms with E-state index >= 15 is 0 Å². The number of hydrogen-bond donors (Lipinski definition) is 1. The first kappa shape index (κ1) is 19.4. The Labute approximate surface area is 163 Å². The van der Waals surface area contributed by atoms with Crippen molar-refractivity contribution in [2.24, 2.45) is 0 Å². The van der Waals surface area contributed by atoms with E-state index in [1.54, 1.807) is 0 Å². The molecule has 0 amide bonds. The summed E-state index contributed by atoms with van der Waals surface area (Å²) < 4.78 is 7.18. The van der Waals surface area contributed by atoms with E-state index in [9.17, 15) is 14.4 Å². The number of nitrogens with one attached hydrogen (secondary N) is 1. The maximum absolute atomic E-state index is 12.6. The number of rotatable bonds is 7. The highest BCUT2D eigenvalue weighted by atomic mass is 16.5. The second-order valence-electron chi connectivity index (χ2n) is 6.71. The van der Waals surface area contributed by atoms with Crippen molar-refractivity contribution < 1.29 is 19.1 Å². The normalized spacial score (nSPS) is 10.7. The summed E-state index contributed by atoms with van der Waals surface area (Å²) >= 11 is 0. The number of benzene rings is 1.